The van der Waals surface area contributed by atoms with Crippen molar-refractivity contribution in [1.29, 1.82) is 0 Å². The first-order valence-electron chi connectivity index (χ1n) is 4.75. The number of carboxylic acid groups (broad SMARTS) is 1. The summed E-state index contributed by atoms with van der Waals surface area (Å²) >= 11 is 0. The Bertz CT molecular complexity index is 526. The van der Waals surface area contributed by atoms with Crippen LogP contribution in [0.3, 0.4) is 0 Å². The highest BCUT2D eigenvalue weighted by atomic mass is 16.6. The average Bonchev–Trinajstić information content (AvgIpc) is 2.28. The third kappa shape index (κ3) is 2.54. The van der Waals surface area contributed by atoms with Crippen molar-refractivity contribution in [2.24, 2.45) is 0 Å². The van der Waals surface area contributed by atoms with Gasteiger partial charge in [-0.2, -0.15) is 0 Å². The molecule has 0 saturated carbocycles. The van der Waals surface area contributed by atoms with Gasteiger partial charge < -0.3 is 15.6 Å². The molecule has 1 aromatic carbocycles. The van der Waals surface area contributed by atoms with E-state index in [0.29, 0.717) is 6.29 Å². The molecule has 0 unspecified atom stereocenters. The maximum absolute atomic E-state index is 10.8. The molecule has 0 heterocycles. The van der Waals surface area contributed by atoms with Gasteiger partial charge in [0.1, 0.15) is 5.69 Å². The van der Waals surface area contributed by atoms with Gasteiger partial charge in [0.2, 0.25) is 5.75 Å². The minimum atomic E-state index is -1.29. The van der Waals surface area contributed by atoms with E-state index in [1.165, 1.54) is 6.92 Å². The topological polar surface area (TPSA) is 133 Å². The summed E-state index contributed by atoms with van der Waals surface area (Å²) in [6.45, 7) is 0.650. The Hall–Kier alpha value is -2.64. The summed E-state index contributed by atoms with van der Waals surface area (Å²) in [6, 6.07) is 1.15. The molecule has 3 N–H and O–H groups in total. The number of aldehydes is 1. The summed E-state index contributed by atoms with van der Waals surface area (Å²) in [6.07, 6.45) is 0.461. The molecule has 0 atom stereocenters. The Morgan fingerprint density at radius 1 is 1.67 bits per heavy atom. The molecule has 0 aliphatic heterocycles. The lowest BCUT2D eigenvalue weighted by Crippen LogP contribution is -2.12. The Balaban J connectivity index is 3.41. The normalized spacial score (nSPS) is 9.83. The fraction of sp³-hybridized carbons (Fsp3) is 0.200. The number of nitrogens with two attached hydrogens (primary N) is 1. The van der Waals surface area contributed by atoms with Crippen LogP contribution in [0.1, 0.15) is 15.9 Å². The van der Waals surface area contributed by atoms with Gasteiger partial charge in [0.15, 0.2) is 12.9 Å². The number of rotatable bonds is 5. The molecule has 0 aromatic heterocycles. The molecule has 0 aliphatic rings. The SMILES string of the molecule is Cc1c(C=O)cc(N)c([N+](=O)[O-])c1OCC(=O)O. The number of aliphatic carboxylic acids is 1. The first-order valence-corrected chi connectivity index (χ1v) is 4.75. The second-order valence-corrected chi connectivity index (χ2v) is 3.42. The van der Waals surface area contributed by atoms with Crippen molar-refractivity contribution in [1.82, 2.24) is 0 Å². The minimum absolute atomic E-state index is 0.110. The van der Waals surface area contributed by atoms with Crippen LogP contribution >= 0.6 is 0 Å². The number of carbonyl (C=O) groups excluding carboxylic acids is 1. The summed E-state index contributed by atoms with van der Waals surface area (Å²) < 4.78 is 4.83. The third-order valence-corrected chi connectivity index (χ3v) is 2.22. The molecule has 0 spiro atoms. The van der Waals surface area contributed by atoms with E-state index in [4.69, 9.17) is 15.6 Å². The van der Waals surface area contributed by atoms with Crippen molar-refractivity contribution in [3.05, 3.63) is 27.3 Å². The molecule has 96 valence electrons. The highest BCUT2D eigenvalue weighted by molar-refractivity contribution is 5.85. The number of ether oxygens (including phenoxy) is 1. The Kier molecular flexibility index (Phi) is 3.82. The second-order valence-electron chi connectivity index (χ2n) is 3.42. The predicted molar refractivity (Wildman–Crippen MR) is 60.8 cm³/mol. The minimum Gasteiger partial charge on any atom is -0.479 e. The number of carboxylic acids is 1. The van der Waals surface area contributed by atoms with Gasteiger partial charge in [0.05, 0.1) is 4.92 Å². The monoisotopic (exact) mass is 254 g/mol. The smallest absolute Gasteiger partial charge is 0.341 e. The quantitative estimate of drug-likeness (QED) is 0.343. The molecule has 8 heteroatoms. The summed E-state index contributed by atoms with van der Waals surface area (Å²) in [4.78, 5) is 31.2. The maximum Gasteiger partial charge on any atom is 0.341 e. The summed E-state index contributed by atoms with van der Waals surface area (Å²) in [5.74, 6) is -1.59. The van der Waals surface area contributed by atoms with Crippen LogP contribution in [0.15, 0.2) is 6.07 Å². The van der Waals surface area contributed by atoms with Crippen molar-refractivity contribution in [2.45, 2.75) is 6.92 Å². The fourth-order valence-electron chi connectivity index (χ4n) is 1.41. The van der Waals surface area contributed by atoms with Crippen LogP contribution in [0.2, 0.25) is 0 Å². The first kappa shape index (κ1) is 13.4. The Morgan fingerprint density at radius 3 is 2.72 bits per heavy atom. The van der Waals surface area contributed by atoms with Crippen LogP contribution in [0.25, 0.3) is 0 Å². The highest BCUT2D eigenvalue weighted by Crippen LogP contribution is 2.37. The van der Waals surface area contributed by atoms with E-state index in [2.05, 4.69) is 0 Å². The maximum atomic E-state index is 10.8. The number of benzene rings is 1. The van der Waals surface area contributed by atoms with Crippen LogP contribution in [0.5, 0.6) is 5.75 Å². The molecule has 0 saturated heterocycles. The fourth-order valence-corrected chi connectivity index (χ4v) is 1.41. The molecule has 0 amide bonds. The molecule has 18 heavy (non-hydrogen) atoms. The molecule has 0 aliphatic carbocycles. The zero-order chi connectivity index (χ0) is 13.9. The van der Waals surface area contributed by atoms with E-state index in [-0.39, 0.29) is 22.6 Å². The first-order chi connectivity index (χ1) is 8.38. The molecule has 0 fully saturated rings. The molecule has 8 nitrogen and oxygen atoms in total. The van der Waals surface area contributed by atoms with E-state index in [1.807, 2.05) is 0 Å². The lowest BCUT2D eigenvalue weighted by Gasteiger charge is -2.11. The van der Waals surface area contributed by atoms with Crippen LogP contribution < -0.4 is 10.5 Å². The molecule has 1 rings (SSSR count). The van der Waals surface area contributed by atoms with Crippen molar-refractivity contribution < 1.29 is 24.4 Å². The van der Waals surface area contributed by atoms with E-state index in [9.17, 15) is 19.7 Å². The van der Waals surface area contributed by atoms with E-state index in [0.717, 1.165) is 6.07 Å². The van der Waals surface area contributed by atoms with Gasteiger partial charge in [-0.1, -0.05) is 0 Å². The number of nitro benzene ring substituents is 1. The Labute approximate surface area is 101 Å². The van der Waals surface area contributed by atoms with Crippen molar-refractivity contribution in [3.63, 3.8) is 0 Å². The molecule has 0 radical (unpaired) electrons. The third-order valence-electron chi connectivity index (χ3n) is 2.22. The second kappa shape index (κ2) is 5.13. The van der Waals surface area contributed by atoms with E-state index < -0.39 is 23.2 Å². The predicted octanol–water partition coefficient (Wildman–Crippen LogP) is 0.761. The van der Waals surface area contributed by atoms with Gasteiger partial charge in [0.25, 0.3) is 0 Å². The number of nitro groups is 1. The Morgan fingerprint density at radius 2 is 2.28 bits per heavy atom. The zero-order valence-corrected chi connectivity index (χ0v) is 9.37. The number of hydrogen-bond donors (Lipinski definition) is 2. The van der Waals surface area contributed by atoms with Gasteiger partial charge in [-0.3, -0.25) is 14.9 Å². The largest absolute Gasteiger partial charge is 0.479 e. The molecule has 1 aromatic rings. The van der Waals surface area contributed by atoms with Crippen LogP contribution in [0, 0.1) is 17.0 Å². The zero-order valence-electron chi connectivity index (χ0n) is 9.37. The van der Waals surface area contributed by atoms with Gasteiger partial charge in [0, 0.05) is 11.1 Å². The van der Waals surface area contributed by atoms with Crippen LogP contribution in [0.4, 0.5) is 11.4 Å². The molecular weight excluding hydrogens is 244 g/mol. The molecular formula is C10H10N2O6. The van der Waals surface area contributed by atoms with E-state index >= 15 is 0 Å². The summed E-state index contributed by atoms with van der Waals surface area (Å²) in [5.41, 5.74) is 4.93. The van der Waals surface area contributed by atoms with Crippen LogP contribution in [-0.4, -0.2) is 28.9 Å². The highest BCUT2D eigenvalue weighted by Gasteiger charge is 2.25. The lowest BCUT2D eigenvalue weighted by atomic mass is 10.1. The van der Waals surface area contributed by atoms with Crippen molar-refractivity contribution in [3.8, 4) is 5.75 Å². The number of nitrogens with zero attached hydrogens (tertiary/aromatic N) is 1. The number of carbonyl (C=O) groups is 2. The van der Waals surface area contributed by atoms with Gasteiger partial charge in [-0.05, 0) is 13.0 Å². The van der Waals surface area contributed by atoms with Gasteiger partial charge in [-0.15, -0.1) is 0 Å². The summed E-state index contributed by atoms with van der Waals surface area (Å²) in [5, 5.41) is 19.3. The molecule has 0 bridgehead atoms. The number of nitrogen functional groups attached to an aromatic ring is 1. The number of hydrogen-bond acceptors (Lipinski definition) is 6. The standard InChI is InChI=1S/C10H10N2O6/c1-5-6(3-13)2-7(11)9(12(16)17)10(5)18-4-8(14)15/h2-3H,4,11H2,1H3,(H,14,15). The van der Waals surface area contributed by atoms with Crippen molar-refractivity contribution >= 4 is 23.6 Å². The average molecular weight is 254 g/mol. The van der Waals surface area contributed by atoms with Gasteiger partial charge >= 0.3 is 11.7 Å². The van der Waals surface area contributed by atoms with Gasteiger partial charge in [-0.25, -0.2) is 4.79 Å². The lowest BCUT2D eigenvalue weighted by molar-refractivity contribution is -0.384. The summed E-state index contributed by atoms with van der Waals surface area (Å²) in [7, 11) is 0. The van der Waals surface area contributed by atoms with E-state index in [1.54, 1.807) is 0 Å². The van der Waals surface area contributed by atoms with Crippen molar-refractivity contribution in [2.75, 3.05) is 12.3 Å². The van der Waals surface area contributed by atoms with Crippen LogP contribution in [-0.2, 0) is 4.79 Å². The number of anilines is 1.